The molecule has 0 amide bonds. The zero-order valence-electron chi connectivity index (χ0n) is 17.0. The van der Waals surface area contributed by atoms with E-state index in [1.165, 1.54) is 29.8 Å². The number of methoxy groups -OCH3 is 1. The van der Waals surface area contributed by atoms with Gasteiger partial charge in [-0.1, -0.05) is 17.0 Å². The van der Waals surface area contributed by atoms with E-state index in [9.17, 15) is 23.4 Å². The summed E-state index contributed by atoms with van der Waals surface area (Å²) in [5.74, 6) is -4.31. The summed E-state index contributed by atoms with van der Waals surface area (Å²) in [6, 6.07) is 2.56. The number of thioether (sulfide) groups is 1. The molecule has 1 aliphatic rings. The van der Waals surface area contributed by atoms with Crippen LogP contribution in [0.3, 0.4) is 0 Å². The van der Waals surface area contributed by atoms with Gasteiger partial charge in [-0.3, -0.25) is 4.98 Å². The molecule has 33 heavy (non-hydrogen) atoms. The highest BCUT2D eigenvalue weighted by Crippen LogP contribution is 2.40. The Morgan fingerprint density at radius 1 is 1.21 bits per heavy atom. The van der Waals surface area contributed by atoms with Crippen LogP contribution in [0, 0.1) is 17.5 Å². The molecule has 3 heterocycles. The van der Waals surface area contributed by atoms with Crippen LogP contribution in [-0.2, 0) is 9.47 Å². The van der Waals surface area contributed by atoms with Crippen LogP contribution >= 0.6 is 27.7 Å². The van der Waals surface area contributed by atoms with Gasteiger partial charge in [-0.25, -0.2) is 17.9 Å². The second-order valence-corrected chi connectivity index (χ2v) is 9.29. The molecule has 1 aromatic carbocycles. The van der Waals surface area contributed by atoms with E-state index in [0.717, 1.165) is 21.5 Å². The normalized spacial score (nSPS) is 25.4. The SMILES string of the molecule is CO[C@H]1C(n2cc(-c3cc(F)c(F)c(F)c3)nn2)[C@@H](O)C(CO)O[C@@H]1Sc1cncc(Br)c1. The summed E-state index contributed by atoms with van der Waals surface area (Å²) in [7, 11) is 1.43. The fourth-order valence-electron chi connectivity index (χ4n) is 3.56. The van der Waals surface area contributed by atoms with Crippen LogP contribution in [0.1, 0.15) is 6.04 Å². The third kappa shape index (κ3) is 4.93. The first kappa shape index (κ1) is 24.1. The first-order valence-electron chi connectivity index (χ1n) is 9.63. The molecule has 176 valence electrons. The number of halogens is 4. The van der Waals surface area contributed by atoms with Crippen molar-refractivity contribution in [2.45, 2.75) is 34.7 Å². The predicted octanol–water partition coefficient (Wildman–Crippen LogP) is 2.95. The monoisotopic (exact) mass is 546 g/mol. The third-order valence-electron chi connectivity index (χ3n) is 5.12. The molecule has 0 saturated carbocycles. The molecular formula is C20H18BrF3N4O4S. The molecule has 0 spiro atoms. The van der Waals surface area contributed by atoms with Gasteiger partial charge in [-0.05, 0) is 34.1 Å². The van der Waals surface area contributed by atoms with E-state index < -0.39 is 53.8 Å². The number of ether oxygens (including phenoxy) is 2. The Labute approximate surface area is 198 Å². The smallest absolute Gasteiger partial charge is 0.194 e. The van der Waals surface area contributed by atoms with Gasteiger partial charge in [0, 0.05) is 34.4 Å². The summed E-state index contributed by atoms with van der Waals surface area (Å²) in [5.41, 5.74) is -0.648. The minimum Gasteiger partial charge on any atom is -0.394 e. The van der Waals surface area contributed by atoms with Gasteiger partial charge in [0.15, 0.2) is 17.5 Å². The van der Waals surface area contributed by atoms with E-state index in [-0.39, 0.29) is 11.3 Å². The molecule has 4 rings (SSSR count). The van der Waals surface area contributed by atoms with Crippen molar-refractivity contribution in [3.8, 4) is 11.3 Å². The van der Waals surface area contributed by atoms with Gasteiger partial charge in [-0.15, -0.1) is 5.10 Å². The molecular weight excluding hydrogens is 529 g/mol. The van der Waals surface area contributed by atoms with Crippen molar-refractivity contribution >= 4 is 27.7 Å². The quantitative estimate of drug-likeness (QED) is 0.455. The standard InChI is InChI=1S/C20H18BrF3N4O4S/c1-31-19-17(28-7-14(26-27-28)9-2-12(22)16(24)13(23)3-9)18(30)15(8-29)32-20(19)33-11-4-10(21)5-25-6-11/h2-7,15,17-20,29-30H,8H2,1H3/t15?,17?,18-,19-,20+/m0/s1. The Morgan fingerprint density at radius 2 is 1.94 bits per heavy atom. The van der Waals surface area contributed by atoms with Gasteiger partial charge in [-0.2, -0.15) is 0 Å². The number of rotatable bonds is 6. The Bertz CT molecular complexity index is 1120. The number of benzene rings is 1. The van der Waals surface area contributed by atoms with E-state index in [0.29, 0.717) is 0 Å². The lowest BCUT2D eigenvalue weighted by Crippen LogP contribution is -2.55. The Hall–Kier alpha value is -2.03. The summed E-state index contributed by atoms with van der Waals surface area (Å²) in [4.78, 5) is 4.86. The maximum atomic E-state index is 13.7. The predicted molar refractivity (Wildman–Crippen MR) is 115 cm³/mol. The molecule has 0 bridgehead atoms. The highest BCUT2D eigenvalue weighted by atomic mass is 79.9. The van der Waals surface area contributed by atoms with Crippen LogP contribution in [0.2, 0.25) is 0 Å². The summed E-state index contributed by atoms with van der Waals surface area (Å²) in [5, 5.41) is 28.5. The van der Waals surface area contributed by atoms with Gasteiger partial charge in [0.2, 0.25) is 0 Å². The Kier molecular flexibility index (Phi) is 7.36. The van der Waals surface area contributed by atoms with Crippen molar-refractivity contribution in [3.63, 3.8) is 0 Å². The molecule has 1 aliphatic heterocycles. The summed E-state index contributed by atoms with van der Waals surface area (Å²) >= 11 is 4.63. The zero-order valence-corrected chi connectivity index (χ0v) is 19.4. The summed E-state index contributed by atoms with van der Waals surface area (Å²) < 4.78 is 54.2. The highest BCUT2D eigenvalue weighted by Gasteiger charge is 2.47. The van der Waals surface area contributed by atoms with Crippen LogP contribution in [0.15, 0.2) is 46.2 Å². The number of pyridine rings is 1. The largest absolute Gasteiger partial charge is 0.394 e. The minimum absolute atomic E-state index is 0.0296. The van der Waals surface area contributed by atoms with Gasteiger partial charge in [0.1, 0.15) is 35.5 Å². The lowest BCUT2D eigenvalue weighted by molar-refractivity contribution is -0.186. The average molecular weight is 547 g/mol. The molecule has 8 nitrogen and oxygen atoms in total. The van der Waals surface area contributed by atoms with Gasteiger partial charge < -0.3 is 19.7 Å². The molecule has 0 aliphatic carbocycles. The van der Waals surface area contributed by atoms with Gasteiger partial charge in [0.25, 0.3) is 0 Å². The zero-order chi connectivity index (χ0) is 23.7. The van der Waals surface area contributed by atoms with E-state index >= 15 is 0 Å². The van der Waals surface area contributed by atoms with Crippen molar-refractivity contribution in [2.24, 2.45) is 0 Å². The van der Waals surface area contributed by atoms with Crippen LogP contribution in [0.5, 0.6) is 0 Å². The van der Waals surface area contributed by atoms with Crippen molar-refractivity contribution in [3.05, 3.63) is 58.7 Å². The van der Waals surface area contributed by atoms with Gasteiger partial charge in [0.05, 0.1) is 12.8 Å². The molecule has 13 heteroatoms. The summed E-state index contributed by atoms with van der Waals surface area (Å²) in [6.07, 6.45) is 1.64. The first-order valence-corrected chi connectivity index (χ1v) is 11.3. The number of hydrogen-bond donors (Lipinski definition) is 2. The maximum absolute atomic E-state index is 13.7. The molecule has 3 aromatic rings. The molecule has 5 atom stereocenters. The maximum Gasteiger partial charge on any atom is 0.194 e. The molecule has 2 unspecified atom stereocenters. The number of aromatic nitrogens is 4. The van der Waals surface area contributed by atoms with E-state index in [2.05, 4.69) is 31.2 Å². The van der Waals surface area contributed by atoms with Crippen LogP contribution in [0.25, 0.3) is 11.3 Å². The fraction of sp³-hybridized carbons (Fsp3) is 0.350. The fourth-order valence-corrected chi connectivity index (χ4v) is 5.26. The first-order chi connectivity index (χ1) is 15.8. The lowest BCUT2D eigenvalue weighted by atomic mass is 9.97. The van der Waals surface area contributed by atoms with Crippen molar-refractivity contribution < 1.29 is 32.9 Å². The second-order valence-electron chi connectivity index (χ2n) is 7.20. The molecule has 2 aromatic heterocycles. The van der Waals surface area contributed by atoms with Crippen molar-refractivity contribution in [1.82, 2.24) is 20.0 Å². The highest BCUT2D eigenvalue weighted by molar-refractivity contribution is 9.10. The molecule has 1 saturated heterocycles. The van der Waals surface area contributed by atoms with Crippen LogP contribution in [-0.4, -0.2) is 67.7 Å². The molecule has 2 N–H and O–H groups in total. The van der Waals surface area contributed by atoms with E-state index in [4.69, 9.17) is 9.47 Å². The van der Waals surface area contributed by atoms with Gasteiger partial charge >= 0.3 is 0 Å². The average Bonchev–Trinajstić information content (AvgIpc) is 3.27. The van der Waals surface area contributed by atoms with Crippen LogP contribution in [0.4, 0.5) is 13.2 Å². The summed E-state index contributed by atoms with van der Waals surface area (Å²) in [6.45, 7) is -0.474. The van der Waals surface area contributed by atoms with Crippen molar-refractivity contribution in [2.75, 3.05) is 13.7 Å². The number of aliphatic hydroxyl groups excluding tert-OH is 2. The lowest BCUT2D eigenvalue weighted by Gasteiger charge is -2.43. The third-order valence-corrected chi connectivity index (χ3v) is 6.66. The Balaban J connectivity index is 1.67. The Morgan fingerprint density at radius 3 is 2.58 bits per heavy atom. The van der Waals surface area contributed by atoms with Crippen molar-refractivity contribution in [1.29, 1.82) is 0 Å². The molecule has 0 radical (unpaired) electrons. The van der Waals surface area contributed by atoms with Crippen LogP contribution < -0.4 is 0 Å². The van der Waals surface area contributed by atoms with E-state index in [1.807, 2.05) is 6.07 Å². The number of hydrogen-bond acceptors (Lipinski definition) is 8. The second kappa shape index (κ2) is 10.1. The number of nitrogens with zero attached hydrogens (tertiary/aromatic N) is 4. The minimum atomic E-state index is -1.59. The van der Waals surface area contributed by atoms with E-state index in [1.54, 1.807) is 12.4 Å². The molecule has 1 fully saturated rings. The topological polar surface area (TPSA) is 103 Å². The number of aliphatic hydroxyl groups is 2.